The second-order valence-corrected chi connectivity index (χ2v) is 5.14. The summed E-state index contributed by atoms with van der Waals surface area (Å²) < 4.78 is 1.78. The van der Waals surface area contributed by atoms with E-state index in [4.69, 9.17) is 5.73 Å². The topological polar surface area (TPSA) is 68.8 Å². The van der Waals surface area contributed by atoms with E-state index in [0.717, 1.165) is 40.2 Å². The Labute approximate surface area is 123 Å². The van der Waals surface area contributed by atoms with Crippen LogP contribution in [0.4, 0.5) is 17.2 Å². The zero-order chi connectivity index (χ0) is 15.0. The number of para-hydroxylation sites is 1. The Bertz CT molecular complexity index is 804. The first kappa shape index (κ1) is 13.4. The fourth-order valence-electron chi connectivity index (χ4n) is 2.48. The molecule has 0 aliphatic rings. The number of nitrogens with one attached hydrogen (secondary N) is 1. The van der Waals surface area contributed by atoms with E-state index in [0.29, 0.717) is 5.69 Å². The number of hydrogen-bond acceptors (Lipinski definition) is 4. The molecule has 2 aromatic heterocycles. The lowest BCUT2D eigenvalue weighted by atomic mass is 10.1. The summed E-state index contributed by atoms with van der Waals surface area (Å²) in [5.41, 5.74) is 10.6. The van der Waals surface area contributed by atoms with E-state index >= 15 is 0 Å². The van der Waals surface area contributed by atoms with Crippen LogP contribution in [-0.2, 0) is 13.5 Å². The maximum Gasteiger partial charge on any atom is 0.152 e. The first-order chi connectivity index (χ1) is 10.1. The van der Waals surface area contributed by atoms with Crippen LogP contribution < -0.4 is 11.1 Å². The van der Waals surface area contributed by atoms with Gasteiger partial charge >= 0.3 is 0 Å². The maximum atomic E-state index is 6.17. The molecule has 3 N–H and O–H groups in total. The quantitative estimate of drug-likeness (QED) is 0.773. The summed E-state index contributed by atoms with van der Waals surface area (Å²) >= 11 is 0. The first-order valence-corrected chi connectivity index (χ1v) is 7.05. The van der Waals surface area contributed by atoms with Crippen LogP contribution in [0.5, 0.6) is 0 Å². The molecule has 0 spiro atoms. The van der Waals surface area contributed by atoms with Crippen molar-refractivity contribution in [3.05, 3.63) is 41.7 Å². The molecule has 108 valence electrons. The summed E-state index contributed by atoms with van der Waals surface area (Å²) in [4.78, 5) is 4.63. The zero-order valence-corrected chi connectivity index (χ0v) is 12.5. The average Bonchev–Trinajstić information content (AvgIpc) is 2.75. The van der Waals surface area contributed by atoms with Crippen molar-refractivity contribution in [1.82, 2.24) is 14.8 Å². The fraction of sp³-hybridized carbons (Fsp3) is 0.250. The summed E-state index contributed by atoms with van der Waals surface area (Å²) in [5.74, 6) is 0.808. The Kier molecular flexibility index (Phi) is 3.25. The number of fused-ring (bicyclic) bond motifs is 1. The zero-order valence-electron chi connectivity index (χ0n) is 12.5. The number of nitrogens with two attached hydrogens (primary N) is 1. The molecule has 0 fully saturated rings. The fourth-order valence-corrected chi connectivity index (χ4v) is 2.48. The highest BCUT2D eigenvalue weighted by molar-refractivity contribution is 5.93. The second-order valence-electron chi connectivity index (χ2n) is 5.14. The maximum absolute atomic E-state index is 6.17. The lowest BCUT2D eigenvalue weighted by Gasteiger charge is -2.10. The third kappa shape index (κ3) is 2.31. The van der Waals surface area contributed by atoms with Crippen molar-refractivity contribution < 1.29 is 0 Å². The highest BCUT2D eigenvalue weighted by Gasteiger charge is 2.13. The molecule has 0 aliphatic heterocycles. The van der Waals surface area contributed by atoms with Crippen molar-refractivity contribution in [3.8, 4) is 0 Å². The Morgan fingerprint density at radius 3 is 2.76 bits per heavy atom. The summed E-state index contributed by atoms with van der Waals surface area (Å²) in [5, 5.41) is 8.91. The van der Waals surface area contributed by atoms with Crippen LogP contribution in [0.1, 0.15) is 18.3 Å². The second kappa shape index (κ2) is 5.09. The highest BCUT2D eigenvalue weighted by Crippen LogP contribution is 2.29. The third-order valence-corrected chi connectivity index (χ3v) is 3.61. The molecule has 3 aromatic rings. The van der Waals surface area contributed by atoms with Gasteiger partial charge in [0.1, 0.15) is 0 Å². The Morgan fingerprint density at radius 1 is 1.24 bits per heavy atom. The largest absolute Gasteiger partial charge is 0.394 e. The van der Waals surface area contributed by atoms with Crippen LogP contribution in [0, 0.1) is 6.92 Å². The minimum Gasteiger partial charge on any atom is -0.394 e. The number of rotatable bonds is 3. The van der Waals surface area contributed by atoms with Crippen molar-refractivity contribution in [3.63, 3.8) is 0 Å². The van der Waals surface area contributed by atoms with Crippen LogP contribution in [0.3, 0.4) is 0 Å². The predicted molar refractivity (Wildman–Crippen MR) is 86.8 cm³/mol. The van der Waals surface area contributed by atoms with E-state index < -0.39 is 0 Å². The molecule has 0 aliphatic carbocycles. The van der Waals surface area contributed by atoms with E-state index in [1.54, 1.807) is 4.68 Å². The lowest BCUT2D eigenvalue weighted by Crippen LogP contribution is -2.02. The van der Waals surface area contributed by atoms with Gasteiger partial charge in [-0.05, 0) is 25.5 Å². The molecule has 0 bridgehead atoms. The Morgan fingerprint density at radius 2 is 2.05 bits per heavy atom. The van der Waals surface area contributed by atoms with Gasteiger partial charge in [-0.25, -0.2) is 0 Å². The Balaban J connectivity index is 2.10. The number of anilines is 3. The molecule has 0 radical (unpaired) electrons. The predicted octanol–water partition coefficient (Wildman–Crippen LogP) is 3.16. The van der Waals surface area contributed by atoms with Crippen LogP contribution >= 0.6 is 0 Å². The molecule has 2 heterocycles. The number of aromatic nitrogens is 3. The van der Waals surface area contributed by atoms with Gasteiger partial charge in [0.2, 0.25) is 0 Å². The summed E-state index contributed by atoms with van der Waals surface area (Å²) in [6.07, 6.45) is 0.814. The van der Waals surface area contributed by atoms with Crippen molar-refractivity contribution in [2.75, 3.05) is 11.1 Å². The van der Waals surface area contributed by atoms with Gasteiger partial charge in [-0.1, -0.05) is 25.1 Å². The summed E-state index contributed by atoms with van der Waals surface area (Å²) in [6.45, 7) is 4.04. The molecule has 5 heteroatoms. The summed E-state index contributed by atoms with van der Waals surface area (Å²) in [7, 11) is 1.89. The van der Waals surface area contributed by atoms with Gasteiger partial charge in [-0.15, -0.1) is 0 Å². The molecule has 5 nitrogen and oxygen atoms in total. The number of nitrogen functional groups attached to an aromatic ring is 1. The molecule has 0 saturated carbocycles. The number of aryl methyl sites for hydroxylation is 3. The molecule has 1 aromatic carbocycles. The number of hydrogen-bond donors (Lipinski definition) is 2. The minimum absolute atomic E-state index is 0.699. The highest BCUT2D eigenvalue weighted by atomic mass is 15.3. The van der Waals surface area contributed by atoms with Crippen LogP contribution in [0.2, 0.25) is 0 Å². The monoisotopic (exact) mass is 281 g/mol. The van der Waals surface area contributed by atoms with Gasteiger partial charge in [-0.3, -0.25) is 9.67 Å². The molecule has 0 saturated heterocycles. The van der Waals surface area contributed by atoms with E-state index in [1.807, 2.05) is 39.1 Å². The smallest absolute Gasteiger partial charge is 0.152 e. The van der Waals surface area contributed by atoms with Crippen molar-refractivity contribution in [1.29, 1.82) is 0 Å². The third-order valence-electron chi connectivity index (χ3n) is 3.61. The molecular formula is C16H19N5. The van der Waals surface area contributed by atoms with Gasteiger partial charge in [0, 0.05) is 18.1 Å². The van der Waals surface area contributed by atoms with Gasteiger partial charge in [0.15, 0.2) is 5.82 Å². The van der Waals surface area contributed by atoms with Gasteiger partial charge in [0.05, 0.1) is 22.6 Å². The normalized spacial score (nSPS) is 11.0. The molecule has 0 unspecified atom stereocenters. The van der Waals surface area contributed by atoms with Gasteiger partial charge < -0.3 is 11.1 Å². The van der Waals surface area contributed by atoms with Crippen molar-refractivity contribution >= 4 is 28.1 Å². The molecular weight excluding hydrogens is 262 g/mol. The minimum atomic E-state index is 0.699. The van der Waals surface area contributed by atoms with E-state index in [2.05, 4.69) is 27.5 Å². The van der Waals surface area contributed by atoms with E-state index in [-0.39, 0.29) is 0 Å². The number of pyridine rings is 1. The lowest BCUT2D eigenvalue weighted by molar-refractivity contribution is 0.753. The van der Waals surface area contributed by atoms with Crippen LogP contribution in [0.25, 0.3) is 10.9 Å². The van der Waals surface area contributed by atoms with E-state index in [1.165, 1.54) is 0 Å². The van der Waals surface area contributed by atoms with Crippen molar-refractivity contribution in [2.45, 2.75) is 20.3 Å². The van der Waals surface area contributed by atoms with Crippen LogP contribution in [0.15, 0.2) is 30.3 Å². The SMILES string of the molecule is CCc1nn(C)c(Nc2cccc3ccc(C)nc23)c1N. The molecule has 21 heavy (non-hydrogen) atoms. The molecule has 3 rings (SSSR count). The number of nitrogens with zero attached hydrogens (tertiary/aromatic N) is 3. The number of benzene rings is 1. The van der Waals surface area contributed by atoms with Crippen LogP contribution in [-0.4, -0.2) is 14.8 Å². The molecule has 0 amide bonds. The standard InChI is InChI=1S/C16H19N5/c1-4-12-14(17)16(21(3)20-12)19-13-7-5-6-11-9-8-10(2)18-15(11)13/h5-9,19H,4,17H2,1-3H3. The van der Waals surface area contributed by atoms with E-state index in [9.17, 15) is 0 Å². The first-order valence-electron chi connectivity index (χ1n) is 7.05. The van der Waals surface area contributed by atoms with Gasteiger partial charge in [0.25, 0.3) is 0 Å². The molecule has 0 atom stereocenters. The average molecular weight is 281 g/mol. The van der Waals surface area contributed by atoms with Gasteiger partial charge in [-0.2, -0.15) is 5.10 Å². The Hall–Kier alpha value is -2.56. The summed E-state index contributed by atoms with van der Waals surface area (Å²) in [6, 6.07) is 10.2. The van der Waals surface area contributed by atoms with Crippen molar-refractivity contribution in [2.24, 2.45) is 7.05 Å².